The molecule has 1 fully saturated rings. The highest BCUT2D eigenvalue weighted by atomic mass is 16.5. The summed E-state index contributed by atoms with van der Waals surface area (Å²) >= 11 is 0. The van der Waals surface area contributed by atoms with Gasteiger partial charge in [0.25, 0.3) is 0 Å². The number of aromatic carboxylic acids is 1. The quantitative estimate of drug-likeness (QED) is 0.867. The first-order valence-electron chi connectivity index (χ1n) is 6.84. The monoisotopic (exact) mass is 301 g/mol. The summed E-state index contributed by atoms with van der Waals surface area (Å²) in [6.07, 6.45) is 1.17. The fraction of sp³-hybridized carbons (Fsp3) is 0.286. The summed E-state index contributed by atoms with van der Waals surface area (Å²) in [5.41, 5.74) is 1.90. The molecular weight excluding hydrogens is 286 g/mol. The molecule has 8 heteroatoms. The molecule has 1 aliphatic heterocycles. The highest BCUT2D eigenvalue weighted by Gasteiger charge is 2.11. The SMILES string of the molecule is O=C(O)c1ncnc(Nc2ccc(N3CCOCC3)cc2)n1. The number of nitrogens with one attached hydrogen (secondary N) is 1. The first kappa shape index (κ1) is 14.2. The lowest BCUT2D eigenvalue weighted by Crippen LogP contribution is -2.36. The van der Waals surface area contributed by atoms with Crippen molar-refractivity contribution in [2.24, 2.45) is 0 Å². The van der Waals surface area contributed by atoms with Crippen LogP contribution in [0.15, 0.2) is 30.6 Å². The lowest BCUT2D eigenvalue weighted by Gasteiger charge is -2.28. The van der Waals surface area contributed by atoms with Crippen LogP contribution in [0.1, 0.15) is 10.6 Å². The molecule has 8 nitrogen and oxygen atoms in total. The topological polar surface area (TPSA) is 100 Å². The Labute approximate surface area is 126 Å². The van der Waals surface area contributed by atoms with Gasteiger partial charge in [-0.15, -0.1) is 0 Å². The molecule has 114 valence electrons. The average Bonchev–Trinajstić information content (AvgIpc) is 2.56. The molecule has 22 heavy (non-hydrogen) atoms. The normalized spacial score (nSPS) is 14.6. The zero-order chi connectivity index (χ0) is 15.4. The van der Waals surface area contributed by atoms with Crippen LogP contribution in [0.4, 0.5) is 17.3 Å². The summed E-state index contributed by atoms with van der Waals surface area (Å²) in [4.78, 5) is 24.4. The summed E-state index contributed by atoms with van der Waals surface area (Å²) in [5.74, 6) is -1.28. The van der Waals surface area contributed by atoms with E-state index in [0.717, 1.165) is 37.7 Å². The number of carboxylic acid groups (broad SMARTS) is 1. The highest BCUT2D eigenvalue weighted by molar-refractivity contribution is 5.83. The molecule has 0 unspecified atom stereocenters. The standard InChI is InChI=1S/C14H15N5O3/c20-13(21)12-15-9-16-14(18-12)17-10-1-3-11(4-2-10)19-5-7-22-8-6-19/h1-4,9H,5-8H2,(H,20,21)(H,15,16,17,18). The number of carbonyl (C=O) groups is 1. The Morgan fingerprint density at radius 2 is 1.91 bits per heavy atom. The molecule has 2 N–H and O–H groups in total. The Hall–Kier alpha value is -2.74. The second kappa shape index (κ2) is 6.35. The van der Waals surface area contributed by atoms with Crippen molar-refractivity contribution in [3.63, 3.8) is 0 Å². The van der Waals surface area contributed by atoms with Gasteiger partial charge in [0.2, 0.25) is 11.8 Å². The Kier molecular flexibility index (Phi) is 4.10. The maximum atomic E-state index is 10.8. The van der Waals surface area contributed by atoms with Crippen LogP contribution in [0.25, 0.3) is 0 Å². The van der Waals surface area contributed by atoms with Gasteiger partial charge in [0, 0.05) is 24.5 Å². The largest absolute Gasteiger partial charge is 0.475 e. The van der Waals surface area contributed by atoms with E-state index < -0.39 is 5.97 Å². The third kappa shape index (κ3) is 3.29. The third-order valence-corrected chi connectivity index (χ3v) is 3.26. The molecule has 0 aliphatic carbocycles. The van der Waals surface area contributed by atoms with Crippen LogP contribution >= 0.6 is 0 Å². The van der Waals surface area contributed by atoms with E-state index >= 15 is 0 Å². The molecule has 0 saturated carbocycles. The van der Waals surface area contributed by atoms with Crippen molar-refractivity contribution < 1.29 is 14.6 Å². The van der Waals surface area contributed by atoms with Crippen molar-refractivity contribution in [2.75, 3.05) is 36.5 Å². The van der Waals surface area contributed by atoms with Crippen LogP contribution in [-0.4, -0.2) is 52.3 Å². The van der Waals surface area contributed by atoms with Crippen molar-refractivity contribution in [1.82, 2.24) is 15.0 Å². The first-order chi connectivity index (χ1) is 10.7. The Morgan fingerprint density at radius 1 is 1.18 bits per heavy atom. The van der Waals surface area contributed by atoms with Gasteiger partial charge in [-0.2, -0.15) is 4.98 Å². The van der Waals surface area contributed by atoms with Crippen LogP contribution in [0.3, 0.4) is 0 Å². The van der Waals surface area contributed by atoms with Gasteiger partial charge in [0.1, 0.15) is 6.33 Å². The zero-order valence-electron chi connectivity index (χ0n) is 11.8. The molecule has 0 amide bonds. The number of hydrogen-bond acceptors (Lipinski definition) is 7. The fourth-order valence-corrected chi connectivity index (χ4v) is 2.17. The van der Waals surface area contributed by atoms with Crippen molar-refractivity contribution in [2.45, 2.75) is 0 Å². The summed E-state index contributed by atoms with van der Waals surface area (Å²) < 4.78 is 5.33. The third-order valence-electron chi connectivity index (χ3n) is 3.26. The van der Waals surface area contributed by atoms with E-state index in [-0.39, 0.29) is 11.8 Å². The van der Waals surface area contributed by atoms with Crippen LogP contribution in [0, 0.1) is 0 Å². The smallest absolute Gasteiger partial charge is 0.374 e. The van der Waals surface area contributed by atoms with Gasteiger partial charge in [-0.3, -0.25) is 0 Å². The Morgan fingerprint density at radius 3 is 2.59 bits per heavy atom. The van der Waals surface area contributed by atoms with Gasteiger partial charge in [-0.05, 0) is 24.3 Å². The molecule has 1 aromatic carbocycles. The second-order valence-corrected chi connectivity index (χ2v) is 4.71. The van der Waals surface area contributed by atoms with E-state index in [1.54, 1.807) is 0 Å². The van der Waals surface area contributed by atoms with Crippen LogP contribution in [0.5, 0.6) is 0 Å². The van der Waals surface area contributed by atoms with Crippen molar-refractivity contribution in [3.05, 3.63) is 36.4 Å². The number of aromatic nitrogens is 3. The maximum absolute atomic E-state index is 10.8. The number of benzene rings is 1. The first-order valence-corrected chi connectivity index (χ1v) is 6.84. The molecule has 1 aliphatic rings. The van der Waals surface area contributed by atoms with Crippen LogP contribution in [-0.2, 0) is 4.74 Å². The van der Waals surface area contributed by atoms with E-state index in [2.05, 4.69) is 25.2 Å². The van der Waals surface area contributed by atoms with E-state index in [9.17, 15) is 4.79 Å². The molecule has 0 spiro atoms. The average molecular weight is 301 g/mol. The van der Waals surface area contributed by atoms with Gasteiger partial charge < -0.3 is 20.1 Å². The number of ether oxygens (including phenoxy) is 1. The van der Waals surface area contributed by atoms with Gasteiger partial charge in [0.15, 0.2) is 0 Å². The zero-order valence-corrected chi connectivity index (χ0v) is 11.8. The summed E-state index contributed by atoms with van der Waals surface area (Å²) in [6.45, 7) is 3.23. The molecule has 1 saturated heterocycles. The number of rotatable bonds is 4. The van der Waals surface area contributed by atoms with E-state index in [1.165, 1.54) is 6.33 Å². The number of hydrogen-bond donors (Lipinski definition) is 2. The van der Waals surface area contributed by atoms with E-state index in [1.807, 2.05) is 24.3 Å². The molecule has 2 aromatic rings. The lowest BCUT2D eigenvalue weighted by molar-refractivity contribution is 0.0683. The molecule has 0 radical (unpaired) electrons. The van der Waals surface area contributed by atoms with Crippen molar-refractivity contribution in [3.8, 4) is 0 Å². The minimum absolute atomic E-state index is 0.200. The Bertz CT molecular complexity index is 656. The molecule has 0 atom stereocenters. The summed E-state index contributed by atoms with van der Waals surface area (Å²) in [5, 5.41) is 11.8. The Balaban J connectivity index is 1.70. The summed E-state index contributed by atoms with van der Waals surface area (Å²) in [7, 11) is 0. The van der Waals surface area contributed by atoms with Gasteiger partial charge in [0.05, 0.1) is 13.2 Å². The molecule has 2 heterocycles. The molecule has 0 bridgehead atoms. The van der Waals surface area contributed by atoms with E-state index in [4.69, 9.17) is 9.84 Å². The van der Waals surface area contributed by atoms with Gasteiger partial charge >= 0.3 is 5.97 Å². The maximum Gasteiger partial charge on any atom is 0.374 e. The highest BCUT2D eigenvalue weighted by Crippen LogP contribution is 2.20. The predicted molar refractivity (Wildman–Crippen MR) is 79.5 cm³/mol. The van der Waals surface area contributed by atoms with Crippen LogP contribution in [0.2, 0.25) is 0 Å². The predicted octanol–water partition coefficient (Wildman–Crippen LogP) is 1.15. The number of morpholine rings is 1. The minimum atomic E-state index is -1.19. The lowest BCUT2D eigenvalue weighted by atomic mass is 10.2. The van der Waals surface area contributed by atoms with Crippen LogP contribution < -0.4 is 10.2 Å². The molecular formula is C14H15N5O3. The van der Waals surface area contributed by atoms with Gasteiger partial charge in [-0.25, -0.2) is 14.8 Å². The second-order valence-electron chi connectivity index (χ2n) is 4.71. The number of anilines is 3. The molecule has 1 aromatic heterocycles. The van der Waals surface area contributed by atoms with Gasteiger partial charge in [-0.1, -0.05) is 0 Å². The minimum Gasteiger partial charge on any atom is -0.475 e. The number of carboxylic acids is 1. The fourth-order valence-electron chi connectivity index (χ4n) is 2.17. The van der Waals surface area contributed by atoms with Crippen molar-refractivity contribution >= 4 is 23.3 Å². The summed E-state index contributed by atoms with van der Waals surface area (Å²) in [6, 6.07) is 7.78. The number of nitrogens with zero attached hydrogens (tertiary/aromatic N) is 4. The molecule has 3 rings (SSSR count). The van der Waals surface area contributed by atoms with E-state index in [0.29, 0.717) is 0 Å². The van der Waals surface area contributed by atoms with Crippen molar-refractivity contribution in [1.29, 1.82) is 0 Å².